The predicted octanol–water partition coefficient (Wildman–Crippen LogP) is 3.61. The van der Waals surface area contributed by atoms with Crippen LogP contribution in [0.3, 0.4) is 0 Å². The molecule has 2 aliphatic rings. The summed E-state index contributed by atoms with van der Waals surface area (Å²) in [5.41, 5.74) is 5.25. The van der Waals surface area contributed by atoms with Crippen LogP contribution in [-0.2, 0) is 0 Å². The Bertz CT molecular complexity index is 1180. The summed E-state index contributed by atoms with van der Waals surface area (Å²) in [7, 11) is 0. The van der Waals surface area contributed by atoms with Crippen LogP contribution in [0.1, 0.15) is 19.4 Å². The van der Waals surface area contributed by atoms with Crippen LogP contribution in [0.4, 0.5) is 17.5 Å². The first-order valence-corrected chi connectivity index (χ1v) is 9.08. The highest BCUT2D eigenvalue weighted by Crippen LogP contribution is 2.25. The van der Waals surface area contributed by atoms with E-state index in [1.165, 1.54) is 0 Å². The molecule has 0 amide bonds. The molecule has 0 spiro atoms. The summed E-state index contributed by atoms with van der Waals surface area (Å²) in [5.74, 6) is 1.15. The van der Waals surface area contributed by atoms with Gasteiger partial charge in [-0.25, -0.2) is 4.98 Å². The molecule has 1 unspecified atom stereocenters. The molecule has 2 aliphatic heterocycles. The number of rotatable bonds is 4. The van der Waals surface area contributed by atoms with E-state index in [9.17, 15) is 5.26 Å². The third-order valence-corrected chi connectivity index (χ3v) is 4.83. The van der Waals surface area contributed by atoms with Crippen LogP contribution in [0.5, 0.6) is 0 Å². The second-order valence-corrected chi connectivity index (χ2v) is 6.82. The Morgan fingerprint density at radius 3 is 2.55 bits per heavy atom. The minimum atomic E-state index is -0.0425. The average Bonchev–Trinajstić information content (AvgIpc) is 3.15. The van der Waals surface area contributed by atoms with Gasteiger partial charge < -0.3 is 10.6 Å². The van der Waals surface area contributed by atoms with E-state index in [-0.39, 0.29) is 6.04 Å². The molecule has 0 saturated carbocycles. The topological polar surface area (TPSA) is 100 Å². The Labute approximate surface area is 168 Å². The lowest BCUT2D eigenvalue weighted by Gasteiger charge is -2.21. The maximum absolute atomic E-state index is 9.17. The van der Waals surface area contributed by atoms with Crippen molar-refractivity contribution in [3.63, 3.8) is 0 Å². The van der Waals surface area contributed by atoms with Gasteiger partial charge in [-0.05, 0) is 42.8 Å². The molecule has 7 nitrogen and oxygen atoms in total. The van der Waals surface area contributed by atoms with Crippen LogP contribution in [0.25, 0.3) is 0 Å². The van der Waals surface area contributed by atoms with E-state index >= 15 is 0 Å². The first-order valence-electron chi connectivity index (χ1n) is 9.08. The van der Waals surface area contributed by atoms with Gasteiger partial charge in [0.15, 0.2) is 11.9 Å². The second-order valence-electron chi connectivity index (χ2n) is 6.82. The number of fused-ring (bicyclic) bond motifs is 1. The summed E-state index contributed by atoms with van der Waals surface area (Å²) in [4.78, 5) is 8.82. The van der Waals surface area contributed by atoms with E-state index in [0.29, 0.717) is 22.9 Å². The van der Waals surface area contributed by atoms with Crippen LogP contribution in [0.2, 0.25) is 0 Å². The van der Waals surface area contributed by atoms with Crippen molar-refractivity contribution in [3.8, 4) is 12.1 Å². The third kappa shape index (κ3) is 3.62. The summed E-state index contributed by atoms with van der Waals surface area (Å²) in [6.45, 7) is 4.09. The molecule has 0 saturated heterocycles. The lowest BCUT2D eigenvalue weighted by molar-refractivity contribution is -0.394. The zero-order valence-corrected chi connectivity index (χ0v) is 16.0. The monoisotopic (exact) mass is 380 g/mol. The van der Waals surface area contributed by atoms with Gasteiger partial charge in [-0.3, -0.25) is 0 Å². The molecule has 0 fully saturated rings. The number of hydrogen-bond donors (Lipinski definition) is 2. The van der Waals surface area contributed by atoms with Crippen molar-refractivity contribution in [3.05, 3.63) is 77.3 Å². The molecule has 1 atom stereocenters. The number of nitriles is 2. The smallest absolute Gasteiger partial charge is 0.229 e. The van der Waals surface area contributed by atoms with Gasteiger partial charge in [-0.15, -0.1) is 0 Å². The third-order valence-electron chi connectivity index (χ3n) is 4.83. The van der Waals surface area contributed by atoms with Gasteiger partial charge in [0.1, 0.15) is 23.5 Å². The predicted molar refractivity (Wildman–Crippen MR) is 110 cm³/mol. The quantitative estimate of drug-likeness (QED) is 0.786. The molecule has 4 rings (SSSR count). The van der Waals surface area contributed by atoms with E-state index in [0.717, 1.165) is 22.7 Å². The number of hydrogen-bond acceptors (Lipinski definition) is 6. The molecule has 3 heterocycles. The largest absolute Gasteiger partial charge is 0.354 e. The van der Waals surface area contributed by atoms with Crippen LogP contribution < -0.4 is 10.6 Å². The van der Waals surface area contributed by atoms with Gasteiger partial charge in [0.05, 0.1) is 11.6 Å². The minimum Gasteiger partial charge on any atom is -0.354 e. The van der Waals surface area contributed by atoms with Crippen LogP contribution >= 0.6 is 0 Å². The molecule has 1 aromatic heterocycles. The number of nitrogens with one attached hydrogen (secondary N) is 2. The summed E-state index contributed by atoms with van der Waals surface area (Å²) >= 11 is 0. The molecule has 29 heavy (non-hydrogen) atoms. The molecule has 0 aliphatic carbocycles. The van der Waals surface area contributed by atoms with Gasteiger partial charge in [0, 0.05) is 31.0 Å². The number of nitrogens with zero attached hydrogens (tertiary/aromatic N) is 5. The fourth-order valence-electron chi connectivity index (χ4n) is 3.37. The molecule has 2 N–H and O–H groups in total. The first kappa shape index (κ1) is 18.1. The lowest BCUT2D eigenvalue weighted by Crippen LogP contribution is -2.36. The van der Waals surface area contributed by atoms with Crippen LogP contribution in [-0.4, -0.2) is 26.3 Å². The highest BCUT2D eigenvalue weighted by atomic mass is 15.2. The molecule has 140 valence electrons. The Morgan fingerprint density at radius 1 is 1.03 bits per heavy atom. The molecule has 0 bridgehead atoms. The van der Waals surface area contributed by atoms with Crippen molar-refractivity contribution >= 4 is 23.2 Å². The number of anilines is 3. The summed E-state index contributed by atoms with van der Waals surface area (Å²) in [6, 6.07) is 13.2. The Kier molecular flexibility index (Phi) is 4.64. The van der Waals surface area contributed by atoms with E-state index in [1.54, 1.807) is 18.3 Å². The minimum absolute atomic E-state index is 0.0425. The van der Waals surface area contributed by atoms with Crippen LogP contribution in [0.15, 0.2) is 71.7 Å². The van der Waals surface area contributed by atoms with Gasteiger partial charge in [-0.1, -0.05) is 0 Å². The van der Waals surface area contributed by atoms with Crippen molar-refractivity contribution in [1.29, 1.82) is 10.5 Å². The van der Waals surface area contributed by atoms with Gasteiger partial charge in [0.2, 0.25) is 11.6 Å². The maximum Gasteiger partial charge on any atom is 0.229 e. The Balaban J connectivity index is 1.55. The van der Waals surface area contributed by atoms with Gasteiger partial charge in [0.25, 0.3) is 0 Å². The second kappa shape index (κ2) is 7.41. The maximum atomic E-state index is 9.17. The van der Waals surface area contributed by atoms with Crippen LogP contribution in [0, 0.1) is 22.7 Å². The van der Waals surface area contributed by atoms with Crippen molar-refractivity contribution < 1.29 is 4.58 Å². The fourth-order valence-corrected chi connectivity index (χ4v) is 3.37. The number of aromatic nitrogens is 2. The van der Waals surface area contributed by atoms with Gasteiger partial charge in [-0.2, -0.15) is 20.1 Å². The molecular formula is C22H18N7+. The highest BCUT2D eigenvalue weighted by Gasteiger charge is 2.33. The standard InChI is InChI=1S/C22H18N7/c1-14-9-19-10-17(12-24)13-29(19)15(2)21(14)27-20-7-8-25-22(28-20)26-18-5-3-16(11-23)4-6-18/h3-10,13,21H,1-2H3,(H2,25,26,27,28)/q+1. The van der Waals surface area contributed by atoms with Crippen molar-refractivity contribution in [2.75, 3.05) is 10.6 Å². The molecule has 1 aromatic carbocycles. The van der Waals surface area contributed by atoms with E-state index in [1.807, 2.05) is 42.0 Å². The van der Waals surface area contributed by atoms with Crippen molar-refractivity contribution in [2.45, 2.75) is 19.9 Å². The molecule has 0 radical (unpaired) electrons. The molecule has 7 heteroatoms. The molecule has 2 aromatic rings. The average molecular weight is 380 g/mol. The summed E-state index contributed by atoms with van der Waals surface area (Å²) < 4.78 is 2.03. The molecular weight excluding hydrogens is 362 g/mol. The fraction of sp³-hybridized carbons (Fsp3) is 0.136. The summed E-state index contributed by atoms with van der Waals surface area (Å²) in [5, 5.41) is 24.7. The van der Waals surface area contributed by atoms with E-state index in [4.69, 9.17) is 5.26 Å². The van der Waals surface area contributed by atoms with E-state index < -0.39 is 0 Å². The first-order chi connectivity index (χ1) is 14.1. The van der Waals surface area contributed by atoms with E-state index in [2.05, 4.69) is 45.7 Å². The van der Waals surface area contributed by atoms with Crippen molar-refractivity contribution in [1.82, 2.24) is 9.97 Å². The Hall–Kier alpha value is -4.23. The zero-order chi connectivity index (χ0) is 20.4. The Morgan fingerprint density at radius 2 is 1.83 bits per heavy atom. The summed E-state index contributed by atoms with van der Waals surface area (Å²) in [6.07, 6.45) is 7.49. The zero-order valence-electron chi connectivity index (χ0n) is 16.0. The lowest BCUT2D eigenvalue weighted by atomic mass is 9.99. The highest BCUT2D eigenvalue weighted by molar-refractivity contribution is 5.90. The van der Waals surface area contributed by atoms with Gasteiger partial charge >= 0.3 is 0 Å². The SMILES string of the molecule is CC1=CC2=CC(C#N)=C[N+]2=C(C)C1Nc1ccnc(Nc2ccc(C#N)cc2)n1. The normalized spacial score (nSPS) is 17.4. The number of allylic oxidation sites excluding steroid dienone is 3. The number of benzene rings is 1. The van der Waals surface area contributed by atoms with Crippen molar-refractivity contribution in [2.24, 2.45) is 0 Å².